The maximum atomic E-state index is 14.0. The summed E-state index contributed by atoms with van der Waals surface area (Å²) in [6.45, 7) is 3.09. The van der Waals surface area contributed by atoms with Gasteiger partial charge in [-0.25, -0.2) is 17.6 Å². The van der Waals surface area contributed by atoms with Gasteiger partial charge in [-0.1, -0.05) is 29.8 Å². The van der Waals surface area contributed by atoms with Crippen molar-refractivity contribution in [2.45, 2.75) is 56.0 Å². The Bertz CT molecular complexity index is 1120. The average Bonchev–Trinajstić information content (AvgIpc) is 3.28. The molecule has 9 heteroatoms. The van der Waals surface area contributed by atoms with Crippen LogP contribution in [-0.4, -0.2) is 61.2 Å². The fourth-order valence-electron chi connectivity index (χ4n) is 5.08. The molecule has 2 aromatic carbocycles. The molecule has 1 amide bonds. The molecule has 1 N–H and O–H groups in total. The van der Waals surface area contributed by atoms with E-state index in [1.165, 1.54) is 16.4 Å². The molecule has 0 unspecified atom stereocenters. The molecule has 35 heavy (non-hydrogen) atoms. The molecule has 2 aliphatic rings. The van der Waals surface area contributed by atoms with Crippen molar-refractivity contribution in [2.75, 3.05) is 26.3 Å². The van der Waals surface area contributed by atoms with Crippen molar-refractivity contribution in [3.8, 4) is 0 Å². The first-order chi connectivity index (χ1) is 16.8. The van der Waals surface area contributed by atoms with Gasteiger partial charge in [0.1, 0.15) is 12.4 Å². The third-order valence-corrected chi connectivity index (χ3v) is 9.06. The van der Waals surface area contributed by atoms with Crippen LogP contribution in [0.1, 0.15) is 49.3 Å². The Labute approximate surface area is 206 Å². The highest BCUT2D eigenvalue weighted by atomic mass is 32.2. The quantitative estimate of drug-likeness (QED) is 0.609. The Kier molecular flexibility index (Phi) is 8.09. The summed E-state index contributed by atoms with van der Waals surface area (Å²) < 4.78 is 48.4. The highest BCUT2D eigenvalue weighted by Gasteiger charge is 2.43. The Morgan fingerprint density at radius 1 is 1.09 bits per heavy atom. The second-order valence-corrected chi connectivity index (χ2v) is 11.3. The molecule has 2 aliphatic heterocycles. The van der Waals surface area contributed by atoms with Gasteiger partial charge in [-0.3, -0.25) is 0 Å². The van der Waals surface area contributed by atoms with Crippen LogP contribution in [0, 0.1) is 18.7 Å². The van der Waals surface area contributed by atoms with E-state index in [0.717, 1.165) is 24.8 Å². The summed E-state index contributed by atoms with van der Waals surface area (Å²) in [5.41, 5.74) is 1.53. The minimum absolute atomic E-state index is 0.0632. The number of hydrogen-bond acceptors (Lipinski definition) is 5. The van der Waals surface area contributed by atoms with Crippen LogP contribution >= 0.6 is 0 Å². The van der Waals surface area contributed by atoms with E-state index in [2.05, 4.69) is 0 Å². The number of carbonyl (C=O) groups is 1. The normalized spacial score (nSPS) is 21.9. The van der Waals surface area contributed by atoms with E-state index in [4.69, 9.17) is 9.84 Å². The van der Waals surface area contributed by atoms with Crippen LogP contribution in [0.2, 0.25) is 0 Å². The van der Waals surface area contributed by atoms with Crippen LogP contribution < -0.4 is 0 Å². The van der Waals surface area contributed by atoms with Crippen LogP contribution in [0.25, 0.3) is 0 Å². The molecule has 0 saturated carbocycles. The highest BCUT2D eigenvalue weighted by molar-refractivity contribution is 7.89. The Balaban J connectivity index is 1.52. The molecule has 2 atom stereocenters. The number of nitrogens with zero attached hydrogens (tertiary/aromatic N) is 2. The van der Waals surface area contributed by atoms with Crippen molar-refractivity contribution in [3.05, 3.63) is 65.5 Å². The molecule has 0 aliphatic carbocycles. The molecule has 7 nitrogen and oxygen atoms in total. The zero-order valence-electron chi connectivity index (χ0n) is 20.0. The van der Waals surface area contributed by atoms with Gasteiger partial charge in [0.2, 0.25) is 10.0 Å². The molecule has 0 aromatic heterocycles. The number of aryl methyl sites for hydroxylation is 1. The first-order valence-electron chi connectivity index (χ1n) is 12.2. The smallest absolute Gasteiger partial charge is 0.409 e. The van der Waals surface area contributed by atoms with Crippen LogP contribution in [0.3, 0.4) is 0 Å². The lowest BCUT2D eigenvalue weighted by atomic mass is 9.94. The van der Waals surface area contributed by atoms with Gasteiger partial charge in [0, 0.05) is 19.7 Å². The molecule has 4 rings (SSSR count). The second-order valence-electron chi connectivity index (χ2n) is 9.47. The summed E-state index contributed by atoms with van der Waals surface area (Å²) in [5.74, 6) is -0.0179. The van der Waals surface area contributed by atoms with Crippen molar-refractivity contribution in [1.29, 1.82) is 0 Å². The maximum Gasteiger partial charge on any atom is 0.409 e. The lowest BCUT2D eigenvalue weighted by molar-refractivity contribution is 0.0710. The summed E-state index contributed by atoms with van der Waals surface area (Å²) in [6, 6.07) is 11.6. The van der Waals surface area contributed by atoms with Gasteiger partial charge in [-0.2, -0.15) is 4.31 Å². The topological polar surface area (TPSA) is 87.2 Å². The Hall–Kier alpha value is -2.49. The van der Waals surface area contributed by atoms with Crippen molar-refractivity contribution >= 4 is 16.1 Å². The standard InChI is InChI=1S/C26H33FN2O5S/c1-19-5-8-24(9-6-19)35(32,33)29-23(7-10-25(29)21-3-2-4-22(27)17-21)18-34-26(31)28-14-11-20(12-15-28)13-16-30/h2-6,8-9,17,20,23,25,30H,7,10-16,18H2,1H3/t23-,25+/m1/s1. The fourth-order valence-corrected chi connectivity index (χ4v) is 6.93. The monoisotopic (exact) mass is 504 g/mol. The molecule has 2 saturated heterocycles. The third-order valence-electron chi connectivity index (χ3n) is 7.08. The predicted octanol–water partition coefficient (Wildman–Crippen LogP) is 4.26. The highest BCUT2D eigenvalue weighted by Crippen LogP contribution is 2.41. The van der Waals surface area contributed by atoms with Crippen LogP contribution in [-0.2, 0) is 14.8 Å². The van der Waals surface area contributed by atoms with Crippen molar-refractivity contribution in [3.63, 3.8) is 0 Å². The molecule has 0 bridgehead atoms. The number of rotatable bonds is 7. The predicted molar refractivity (Wildman–Crippen MR) is 130 cm³/mol. The third kappa shape index (κ3) is 5.85. The molecule has 0 spiro atoms. The Morgan fingerprint density at radius 2 is 1.80 bits per heavy atom. The zero-order valence-corrected chi connectivity index (χ0v) is 20.8. The largest absolute Gasteiger partial charge is 0.448 e. The summed E-state index contributed by atoms with van der Waals surface area (Å²) in [7, 11) is -3.92. The van der Waals surface area contributed by atoms with E-state index in [9.17, 15) is 17.6 Å². The zero-order chi connectivity index (χ0) is 25.0. The average molecular weight is 505 g/mol. The van der Waals surface area contributed by atoms with E-state index in [1.54, 1.807) is 41.3 Å². The number of benzene rings is 2. The number of halogens is 1. The minimum Gasteiger partial charge on any atom is -0.448 e. The number of aliphatic hydroxyl groups is 1. The van der Waals surface area contributed by atoms with Crippen molar-refractivity contribution in [2.24, 2.45) is 5.92 Å². The van der Waals surface area contributed by atoms with Crippen molar-refractivity contribution in [1.82, 2.24) is 9.21 Å². The molecular formula is C26H33FN2O5S. The van der Waals surface area contributed by atoms with Crippen LogP contribution in [0.15, 0.2) is 53.4 Å². The summed E-state index contributed by atoms with van der Waals surface area (Å²) >= 11 is 0. The van der Waals surface area contributed by atoms with Gasteiger partial charge in [-0.15, -0.1) is 0 Å². The van der Waals surface area contributed by atoms with Gasteiger partial charge in [0.05, 0.1) is 17.0 Å². The van der Waals surface area contributed by atoms with E-state index in [1.807, 2.05) is 6.92 Å². The maximum absolute atomic E-state index is 14.0. The van der Waals surface area contributed by atoms with E-state index in [0.29, 0.717) is 37.4 Å². The lowest BCUT2D eigenvalue weighted by Gasteiger charge is -2.32. The second kappa shape index (κ2) is 11.1. The van der Waals surface area contributed by atoms with Crippen LogP contribution in [0.5, 0.6) is 0 Å². The molecular weight excluding hydrogens is 471 g/mol. The summed E-state index contributed by atoms with van der Waals surface area (Å²) in [4.78, 5) is 14.5. The number of sulfonamides is 1. The number of carbonyl (C=O) groups excluding carboxylic acids is 1. The molecule has 0 radical (unpaired) electrons. The Morgan fingerprint density at radius 3 is 2.46 bits per heavy atom. The van der Waals surface area contributed by atoms with Gasteiger partial charge in [-0.05, 0) is 74.8 Å². The SMILES string of the molecule is Cc1ccc(S(=O)(=O)N2[C@@H](COC(=O)N3CCC(CCO)CC3)CC[C@H]2c2cccc(F)c2)cc1. The minimum atomic E-state index is -3.92. The van der Waals surface area contributed by atoms with Gasteiger partial charge in [0.15, 0.2) is 0 Å². The number of likely N-dealkylation sites (tertiary alicyclic amines) is 1. The number of aliphatic hydroxyl groups excluding tert-OH is 1. The van der Waals surface area contributed by atoms with Gasteiger partial charge in [0.25, 0.3) is 0 Å². The van der Waals surface area contributed by atoms with E-state index < -0.39 is 34.0 Å². The first kappa shape index (κ1) is 25.6. The first-order valence-corrected chi connectivity index (χ1v) is 13.6. The number of ether oxygens (including phenoxy) is 1. The van der Waals surface area contributed by atoms with E-state index in [-0.39, 0.29) is 18.1 Å². The summed E-state index contributed by atoms with van der Waals surface area (Å²) in [5, 5.41) is 9.12. The summed E-state index contributed by atoms with van der Waals surface area (Å²) in [6.07, 6.45) is 2.91. The molecule has 2 fully saturated rings. The molecule has 2 heterocycles. The molecule has 2 aromatic rings. The lowest BCUT2D eigenvalue weighted by Crippen LogP contribution is -2.43. The number of amides is 1. The van der Waals surface area contributed by atoms with Crippen LogP contribution in [0.4, 0.5) is 9.18 Å². The number of hydrogen-bond donors (Lipinski definition) is 1. The molecule has 190 valence electrons. The fraction of sp³-hybridized carbons (Fsp3) is 0.500. The van der Waals surface area contributed by atoms with Crippen molar-refractivity contribution < 1.29 is 27.4 Å². The van der Waals surface area contributed by atoms with Gasteiger partial charge >= 0.3 is 6.09 Å². The van der Waals surface area contributed by atoms with E-state index >= 15 is 0 Å². The number of piperidine rings is 1. The van der Waals surface area contributed by atoms with Gasteiger partial charge < -0.3 is 14.7 Å².